The molecular weight excluding hydrogens is 543 g/mol. The maximum atomic E-state index is 13.9. The number of thioether (sulfide) groups is 1. The van der Waals surface area contributed by atoms with Gasteiger partial charge < -0.3 is 23.6 Å². The maximum absolute atomic E-state index is 13.9. The number of hydrogen-bond donors (Lipinski definition) is 3. The fourth-order valence-corrected chi connectivity index (χ4v) is 6.86. The van der Waals surface area contributed by atoms with Gasteiger partial charge in [-0.15, -0.1) is 11.8 Å². The van der Waals surface area contributed by atoms with Crippen LogP contribution in [0.5, 0.6) is 5.75 Å². The molecule has 0 saturated carbocycles. The molecule has 2 saturated heterocycles. The highest BCUT2D eigenvalue weighted by molar-refractivity contribution is 8.02. The van der Waals surface area contributed by atoms with E-state index in [2.05, 4.69) is 20.4 Å². The molecule has 2 aliphatic heterocycles. The number of H-pyrrole nitrogens is 1. The summed E-state index contributed by atoms with van der Waals surface area (Å²) in [6, 6.07) is 7.05. The second-order valence-electron chi connectivity index (χ2n) is 8.91. The van der Waals surface area contributed by atoms with E-state index in [1.54, 1.807) is 44.2 Å². The van der Waals surface area contributed by atoms with Crippen LogP contribution < -0.4 is 9.61 Å². The van der Waals surface area contributed by atoms with Crippen molar-refractivity contribution in [3.63, 3.8) is 0 Å². The molecule has 1 aromatic carbocycles. The highest BCUT2D eigenvalue weighted by Gasteiger charge is 2.68. The molecule has 38 heavy (non-hydrogen) atoms. The van der Waals surface area contributed by atoms with Gasteiger partial charge in [0.05, 0.1) is 23.7 Å². The molecule has 0 radical (unpaired) electrons. The lowest BCUT2D eigenvalue weighted by atomic mass is 9.92. The third-order valence-corrected chi connectivity index (χ3v) is 9.06. The fraction of sp³-hybridized carbons (Fsp3) is 0.571. The van der Waals surface area contributed by atoms with Gasteiger partial charge in [0.15, 0.2) is 6.23 Å². The number of ether oxygens (including phenoxy) is 2. The standard InChI is InChI=1S/C21H29N6O9PS/c1-14(2)33-17(28)15(3)23-37(30,35-16-7-5-4-6-8-16)32-13-21(24-25-22)18(29)20(9-12-38-20)19(34-21)27-10-11-31-26-36-27/h4-8,10-11,14-15,18-19,26,29H,9,12-13H2,1-3H3,(H,23,30)/t15-,18+,19-,20-,21-,37?/m1/s1. The largest absolute Gasteiger partial charge is 0.462 e. The van der Waals surface area contributed by atoms with Crippen LogP contribution in [0.2, 0.25) is 0 Å². The number of hydrogen-bond acceptors (Lipinski definition) is 11. The van der Waals surface area contributed by atoms with Crippen molar-refractivity contribution in [1.29, 1.82) is 0 Å². The molecule has 17 heteroatoms. The van der Waals surface area contributed by atoms with E-state index in [1.165, 1.54) is 35.9 Å². The second kappa shape index (κ2) is 11.5. The van der Waals surface area contributed by atoms with Crippen molar-refractivity contribution in [2.24, 2.45) is 5.11 Å². The third-order valence-electron chi connectivity index (χ3n) is 5.87. The average molecular weight is 573 g/mol. The number of rotatable bonds is 11. The highest BCUT2D eigenvalue weighted by atomic mass is 32.2. The number of aromatic nitrogens is 2. The number of aromatic amines is 1. The summed E-state index contributed by atoms with van der Waals surface area (Å²) >= 11 is 1.39. The minimum absolute atomic E-state index is 0.181. The first-order chi connectivity index (χ1) is 18.1. The summed E-state index contributed by atoms with van der Waals surface area (Å²) in [6.07, 6.45) is 0.466. The Balaban J connectivity index is 1.62. The molecule has 1 aromatic heterocycles. The Bertz CT molecular complexity index is 1220. The number of azide groups is 1. The Kier molecular flexibility index (Phi) is 8.52. The fourth-order valence-electron chi connectivity index (χ4n) is 4.04. The summed E-state index contributed by atoms with van der Waals surface area (Å²) in [4.78, 5) is 15.3. The molecule has 3 N–H and O–H groups in total. The van der Waals surface area contributed by atoms with Gasteiger partial charge in [0.25, 0.3) is 0 Å². The Morgan fingerprint density at radius 1 is 1.42 bits per heavy atom. The van der Waals surface area contributed by atoms with E-state index in [-0.39, 0.29) is 5.75 Å². The zero-order chi connectivity index (χ0) is 27.4. The minimum Gasteiger partial charge on any atom is -0.462 e. The topological polar surface area (TPSA) is 199 Å². The van der Waals surface area contributed by atoms with Crippen LogP contribution in [-0.2, 0) is 23.4 Å². The molecule has 0 amide bonds. The lowest BCUT2D eigenvalue weighted by Gasteiger charge is -2.43. The molecule has 0 bridgehead atoms. The Morgan fingerprint density at radius 2 is 2.16 bits per heavy atom. The molecule has 6 atom stereocenters. The number of aliphatic hydroxyl groups excluding tert-OH is 1. The molecule has 2 aromatic rings. The Hall–Kier alpha value is -2.84. The van der Waals surface area contributed by atoms with E-state index < -0.39 is 55.3 Å². The predicted molar refractivity (Wildman–Crippen MR) is 133 cm³/mol. The summed E-state index contributed by atoms with van der Waals surface area (Å²) in [5.74, 6) is 0.203. The summed E-state index contributed by atoms with van der Waals surface area (Å²) in [7, 11) is -4.35. The molecule has 2 fully saturated rings. The van der Waals surface area contributed by atoms with E-state index in [0.29, 0.717) is 12.2 Å². The zero-order valence-corrected chi connectivity index (χ0v) is 22.5. The van der Waals surface area contributed by atoms with Crippen LogP contribution >= 0.6 is 19.5 Å². The average Bonchev–Trinajstić information content (AvgIpc) is 3.13. The monoisotopic (exact) mass is 572 g/mol. The third kappa shape index (κ3) is 5.76. The first-order valence-corrected chi connectivity index (χ1v) is 14.2. The second-order valence-corrected chi connectivity index (χ2v) is 12.1. The van der Waals surface area contributed by atoms with Gasteiger partial charge in [0.1, 0.15) is 24.2 Å². The van der Waals surface area contributed by atoms with Crippen molar-refractivity contribution < 1.29 is 42.1 Å². The minimum atomic E-state index is -4.35. The zero-order valence-electron chi connectivity index (χ0n) is 20.8. The number of nitrogens with one attached hydrogen (secondary N) is 2. The summed E-state index contributed by atoms with van der Waals surface area (Å²) in [5, 5.41) is 19.9. The summed E-state index contributed by atoms with van der Waals surface area (Å²) < 4.78 is 46.9. The molecule has 3 heterocycles. The van der Waals surface area contributed by atoms with Gasteiger partial charge in [-0.05, 0) is 50.6 Å². The first kappa shape index (κ1) is 28.2. The van der Waals surface area contributed by atoms with E-state index in [0.717, 1.165) is 0 Å². The molecule has 208 valence electrons. The van der Waals surface area contributed by atoms with Crippen LogP contribution in [0.25, 0.3) is 10.4 Å². The van der Waals surface area contributed by atoms with E-state index >= 15 is 0 Å². The number of nitrogens with zero attached hydrogens (tertiary/aromatic N) is 4. The van der Waals surface area contributed by atoms with Crippen molar-refractivity contribution in [1.82, 2.24) is 15.2 Å². The van der Waals surface area contributed by atoms with Crippen LogP contribution in [0.15, 0.2) is 57.1 Å². The van der Waals surface area contributed by atoms with Crippen LogP contribution in [0.4, 0.5) is 0 Å². The predicted octanol–water partition coefficient (Wildman–Crippen LogP) is 4.03. The van der Waals surface area contributed by atoms with Crippen LogP contribution in [0.1, 0.15) is 33.4 Å². The van der Waals surface area contributed by atoms with Gasteiger partial charge >= 0.3 is 13.7 Å². The normalized spacial score (nSPS) is 28.7. The first-order valence-electron chi connectivity index (χ1n) is 11.7. The lowest BCUT2D eigenvalue weighted by molar-refractivity contribution is -0.150. The number of esters is 1. The van der Waals surface area contributed by atoms with Gasteiger partial charge in [-0.2, -0.15) is 9.83 Å². The van der Waals surface area contributed by atoms with Crippen LogP contribution in [-0.4, -0.2) is 62.2 Å². The quantitative estimate of drug-likeness (QED) is 0.115. The van der Waals surface area contributed by atoms with Gasteiger partial charge in [-0.25, -0.2) is 4.57 Å². The molecule has 1 spiro atoms. The number of benzene rings is 1. The van der Waals surface area contributed by atoms with Gasteiger partial charge in [0, 0.05) is 4.91 Å². The number of carbonyl (C=O) groups excluding carboxylic acids is 1. The van der Waals surface area contributed by atoms with E-state index in [1.807, 2.05) is 0 Å². The van der Waals surface area contributed by atoms with Crippen molar-refractivity contribution >= 4 is 25.5 Å². The number of para-hydroxylation sites is 1. The highest BCUT2D eigenvalue weighted by Crippen LogP contribution is 2.61. The summed E-state index contributed by atoms with van der Waals surface area (Å²) in [6.45, 7) is 4.10. The molecule has 1 unspecified atom stereocenters. The lowest BCUT2D eigenvalue weighted by Crippen LogP contribution is -2.54. The van der Waals surface area contributed by atoms with Gasteiger partial charge in [-0.3, -0.25) is 13.9 Å². The SMILES string of the molecule is CC(C)OC(=O)[C@@H](C)NP(=O)(OC[C@@]1(N=[N+]=[N-])O[C@@H](n2cco[nH]o2)[C@@]2(CCS2)[C@@H]1O)Oc1ccccc1. The number of carbonyl (C=O) groups is 1. The van der Waals surface area contributed by atoms with E-state index in [4.69, 9.17) is 27.7 Å². The van der Waals surface area contributed by atoms with Gasteiger partial charge in [-0.1, -0.05) is 28.6 Å². The smallest absolute Gasteiger partial charge is 0.459 e. The molecule has 0 aliphatic carbocycles. The summed E-state index contributed by atoms with van der Waals surface area (Å²) in [5.41, 5.74) is 7.34. The van der Waals surface area contributed by atoms with Crippen molar-refractivity contribution in [2.75, 3.05) is 12.4 Å². The number of aliphatic hydroxyl groups is 1. The van der Waals surface area contributed by atoms with Crippen LogP contribution in [0.3, 0.4) is 0 Å². The van der Waals surface area contributed by atoms with Gasteiger partial charge in [0.2, 0.25) is 5.72 Å². The van der Waals surface area contributed by atoms with Crippen molar-refractivity contribution in [2.45, 2.75) is 62.1 Å². The Morgan fingerprint density at radius 3 is 2.74 bits per heavy atom. The van der Waals surface area contributed by atoms with E-state index in [9.17, 15) is 20.0 Å². The molecule has 15 nitrogen and oxygen atoms in total. The molecular formula is C21H29N6O9PS. The van der Waals surface area contributed by atoms with Crippen molar-refractivity contribution in [3.8, 4) is 5.75 Å². The van der Waals surface area contributed by atoms with Crippen LogP contribution in [0, 0.1) is 0 Å². The maximum Gasteiger partial charge on any atom is 0.459 e. The molecule has 2 aliphatic rings. The molecule has 4 rings (SSSR count). The Labute approximate surface area is 221 Å². The van der Waals surface area contributed by atoms with Crippen molar-refractivity contribution in [3.05, 3.63) is 53.2 Å².